The van der Waals surface area contributed by atoms with Crippen molar-refractivity contribution < 1.29 is 52.7 Å². The van der Waals surface area contributed by atoms with Gasteiger partial charge in [-0.1, -0.05) is 96.1 Å². The van der Waals surface area contributed by atoms with Crippen LogP contribution in [-0.2, 0) is 0 Å². The minimum Gasteiger partial charge on any atom is -0.206 e. The van der Waals surface area contributed by atoms with Gasteiger partial charge in [0.15, 0.2) is 58.2 Å². The molecule has 0 aliphatic heterocycles. The lowest BCUT2D eigenvalue weighted by Gasteiger charge is -2.05. The summed E-state index contributed by atoms with van der Waals surface area (Å²) in [5.74, 6) is -12.6. The summed E-state index contributed by atoms with van der Waals surface area (Å²) in [5.41, 5.74) is 6.83. The molecule has 0 saturated heterocycles. The molecule has 0 bridgehead atoms. The lowest BCUT2D eigenvalue weighted by molar-refractivity contribution is 0.447. The third kappa shape index (κ3) is 12.5. The standard InChI is InChI=1S/C13H8F4.2C13H9F3.C13H10F2/c1-7-2-3-9(10(14)4-7)8-5-11(15)13(17)12(16)6-8;1-8-2-4-10(12(15)6-8)9-3-5-11(14)13(16)7-9;1-8-2-4-9(5-3-8)10-6-11(14)13(16)12(15)7-10;1-9-2-4-10(5-3-9)11-6-7-12(14)13(15)8-11/h2-6H,1H3;2*2-7H,1H3;2-8H,1H3. The van der Waals surface area contributed by atoms with Gasteiger partial charge in [-0.3, -0.25) is 0 Å². The molecule has 0 heterocycles. The van der Waals surface area contributed by atoms with Gasteiger partial charge < -0.3 is 0 Å². The van der Waals surface area contributed by atoms with Crippen molar-refractivity contribution >= 4 is 0 Å². The highest BCUT2D eigenvalue weighted by Gasteiger charge is 2.15. The van der Waals surface area contributed by atoms with Gasteiger partial charge in [0.2, 0.25) is 0 Å². The zero-order chi connectivity index (χ0) is 46.8. The molecule has 0 nitrogen and oxygen atoms in total. The number of benzene rings is 8. The molecule has 0 unspecified atom stereocenters. The molecule has 64 heavy (non-hydrogen) atoms. The maximum Gasteiger partial charge on any atom is 0.194 e. The minimum absolute atomic E-state index is 0.0288. The maximum atomic E-state index is 13.6. The summed E-state index contributed by atoms with van der Waals surface area (Å²) in [5, 5.41) is 0. The predicted molar refractivity (Wildman–Crippen MR) is 226 cm³/mol. The second kappa shape index (κ2) is 21.3. The highest BCUT2D eigenvalue weighted by molar-refractivity contribution is 5.67. The molecule has 0 aliphatic rings. The lowest BCUT2D eigenvalue weighted by Crippen LogP contribution is -1.93. The van der Waals surface area contributed by atoms with Crippen LogP contribution < -0.4 is 0 Å². The van der Waals surface area contributed by atoms with Gasteiger partial charge in [0.25, 0.3) is 0 Å². The summed E-state index contributed by atoms with van der Waals surface area (Å²) in [6, 6.07) is 34.5. The fraction of sp³-hybridized carbons (Fsp3) is 0.0769. The molecule has 0 saturated carbocycles. The van der Waals surface area contributed by atoms with E-state index in [-0.39, 0.29) is 16.7 Å². The summed E-state index contributed by atoms with van der Waals surface area (Å²) in [7, 11) is 0. The number of rotatable bonds is 4. The van der Waals surface area contributed by atoms with Crippen LogP contribution in [-0.4, -0.2) is 0 Å². The van der Waals surface area contributed by atoms with E-state index in [0.29, 0.717) is 27.8 Å². The predicted octanol–water partition coefficient (Wildman–Crippen LogP) is 16.3. The van der Waals surface area contributed by atoms with Gasteiger partial charge >= 0.3 is 0 Å². The Labute approximate surface area is 361 Å². The normalized spacial score (nSPS) is 10.5. The molecule has 0 amide bonds. The van der Waals surface area contributed by atoms with Gasteiger partial charge in [0.1, 0.15) is 11.6 Å². The summed E-state index contributed by atoms with van der Waals surface area (Å²) in [6.07, 6.45) is 0. The van der Waals surface area contributed by atoms with Crippen molar-refractivity contribution in [2.75, 3.05) is 0 Å². The van der Waals surface area contributed by atoms with E-state index in [0.717, 1.165) is 64.7 Å². The van der Waals surface area contributed by atoms with Crippen LogP contribution in [0.4, 0.5) is 52.7 Å². The van der Waals surface area contributed by atoms with E-state index in [4.69, 9.17) is 0 Å². The first-order valence-electron chi connectivity index (χ1n) is 19.2. The molecular weight excluding hydrogens is 853 g/mol. The topological polar surface area (TPSA) is 0 Å². The van der Waals surface area contributed by atoms with Crippen molar-refractivity contribution in [3.8, 4) is 44.5 Å². The molecule has 0 fully saturated rings. The fourth-order valence-electron chi connectivity index (χ4n) is 5.97. The third-order valence-corrected chi connectivity index (χ3v) is 9.45. The first-order valence-corrected chi connectivity index (χ1v) is 19.2. The minimum atomic E-state index is -1.55. The van der Waals surface area contributed by atoms with Crippen LogP contribution in [0.5, 0.6) is 0 Å². The molecule has 8 aromatic rings. The van der Waals surface area contributed by atoms with Crippen LogP contribution >= 0.6 is 0 Å². The maximum absolute atomic E-state index is 13.6. The highest BCUT2D eigenvalue weighted by atomic mass is 19.2. The van der Waals surface area contributed by atoms with Crippen LogP contribution in [0.25, 0.3) is 44.5 Å². The molecular formula is C52H36F12. The highest BCUT2D eigenvalue weighted by Crippen LogP contribution is 2.28. The number of hydrogen-bond donors (Lipinski definition) is 0. The Balaban J connectivity index is 0.000000161. The molecule has 0 spiro atoms. The molecule has 328 valence electrons. The van der Waals surface area contributed by atoms with Crippen LogP contribution in [0, 0.1) is 97.5 Å². The van der Waals surface area contributed by atoms with Crippen molar-refractivity contribution in [1.82, 2.24) is 0 Å². The zero-order valence-corrected chi connectivity index (χ0v) is 34.4. The fourth-order valence-corrected chi connectivity index (χ4v) is 5.97. The Hall–Kier alpha value is -7.08. The van der Waals surface area contributed by atoms with Gasteiger partial charge in [-0.15, -0.1) is 0 Å². The molecule has 8 rings (SSSR count). The summed E-state index contributed by atoms with van der Waals surface area (Å²) in [4.78, 5) is 0. The van der Waals surface area contributed by atoms with Gasteiger partial charge in [-0.05, 0) is 133 Å². The van der Waals surface area contributed by atoms with Crippen molar-refractivity contribution in [1.29, 1.82) is 0 Å². The van der Waals surface area contributed by atoms with E-state index < -0.39 is 69.8 Å². The van der Waals surface area contributed by atoms with Crippen molar-refractivity contribution in [2.24, 2.45) is 0 Å². The smallest absolute Gasteiger partial charge is 0.194 e. The van der Waals surface area contributed by atoms with E-state index in [2.05, 4.69) is 0 Å². The molecule has 0 radical (unpaired) electrons. The van der Waals surface area contributed by atoms with Gasteiger partial charge in [0.05, 0.1) is 0 Å². The molecule has 0 aromatic heterocycles. The van der Waals surface area contributed by atoms with Crippen LogP contribution in [0.1, 0.15) is 22.3 Å². The van der Waals surface area contributed by atoms with Crippen molar-refractivity contribution in [3.63, 3.8) is 0 Å². The molecule has 12 heteroatoms. The Bertz CT molecular complexity index is 2840. The third-order valence-electron chi connectivity index (χ3n) is 9.45. The average molecular weight is 889 g/mol. The quantitative estimate of drug-likeness (QED) is 0.122. The summed E-state index contributed by atoms with van der Waals surface area (Å²) in [6.45, 7) is 7.35. The van der Waals surface area contributed by atoms with Gasteiger partial charge in [-0.25, -0.2) is 52.7 Å². The van der Waals surface area contributed by atoms with Crippen LogP contribution in [0.3, 0.4) is 0 Å². The first-order chi connectivity index (χ1) is 30.3. The Morgan fingerprint density at radius 1 is 0.203 bits per heavy atom. The summed E-state index contributed by atoms with van der Waals surface area (Å²) >= 11 is 0. The molecule has 0 aliphatic carbocycles. The monoisotopic (exact) mass is 888 g/mol. The summed E-state index contributed by atoms with van der Waals surface area (Å²) < 4.78 is 156. The Kier molecular flexibility index (Phi) is 16.0. The van der Waals surface area contributed by atoms with Gasteiger partial charge in [-0.2, -0.15) is 0 Å². The Morgan fingerprint density at radius 3 is 0.891 bits per heavy atom. The van der Waals surface area contributed by atoms with Crippen molar-refractivity contribution in [3.05, 3.63) is 238 Å². The second-order valence-electron chi connectivity index (χ2n) is 14.5. The largest absolute Gasteiger partial charge is 0.206 e. The SMILES string of the molecule is Cc1ccc(-c2cc(F)c(F)c(F)c2)c(F)c1.Cc1ccc(-c2cc(F)c(F)c(F)c2)cc1.Cc1ccc(-c2ccc(F)c(F)c2)c(F)c1.Cc1ccc(-c2ccc(F)c(F)c2)cc1. The van der Waals surface area contributed by atoms with E-state index in [9.17, 15) is 52.7 Å². The molecule has 0 atom stereocenters. The van der Waals surface area contributed by atoms with E-state index in [1.54, 1.807) is 50.2 Å². The van der Waals surface area contributed by atoms with Crippen molar-refractivity contribution in [2.45, 2.75) is 27.7 Å². The first kappa shape index (κ1) is 48.0. The zero-order valence-electron chi connectivity index (χ0n) is 34.4. The second-order valence-corrected chi connectivity index (χ2v) is 14.5. The van der Waals surface area contributed by atoms with E-state index in [1.807, 2.05) is 50.2 Å². The molecule has 0 N–H and O–H groups in total. The molecule has 8 aromatic carbocycles. The van der Waals surface area contributed by atoms with Crippen LogP contribution in [0.2, 0.25) is 0 Å². The number of aryl methyl sites for hydroxylation is 4. The van der Waals surface area contributed by atoms with Crippen LogP contribution in [0.15, 0.2) is 146 Å². The van der Waals surface area contributed by atoms with Gasteiger partial charge in [0, 0.05) is 11.1 Å². The lowest BCUT2D eigenvalue weighted by atomic mass is 10.0. The number of hydrogen-bond acceptors (Lipinski definition) is 0. The number of halogens is 12. The average Bonchev–Trinajstić information content (AvgIpc) is 3.25. The van der Waals surface area contributed by atoms with E-state index in [1.165, 1.54) is 30.3 Å². The van der Waals surface area contributed by atoms with E-state index >= 15 is 0 Å². The Morgan fingerprint density at radius 2 is 0.500 bits per heavy atom.